The second-order valence-electron chi connectivity index (χ2n) is 8.22. The molecule has 2 aliphatic rings. The number of esters is 1. The summed E-state index contributed by atoms with van der Waals surface area (Å²) in [6, 6.07) is 4.07. The first kappa shape index (κ1) is 20.4. The van der Waals surface area contributed by atoms with Crippen molar-refractivity contribution >= 4 is 17.6 Å². The molecule has 0 aromatic heterocycles. The van der Waals surface area contributed by atoms with E-state index < -0.39 is 11.8 Å². The van der Waals surface area contributed by atoms with Gasteiger partial charge in [-0.25, -0.2) is 9.18 Å². The minimum atomic E-state index is -0.585. The van der Waals surface area contributed by atoms with Gasteiger partial charge in [-0.15, -0.1) is 6.58 Å². The Bertz CT molecular complexity index is 644. The SMILES string of the molecule is C=CCCC1CCC(C2CCC(OC(=O)c3ccc(Cl)c(F)c3)CC2)CC1. The van der Waals surface area contributed by atoms with E-state index in [-0.39, 0.29) is 16.7 Å². The van der Waals surface area contributed by atoms with Crippen LogP contribution in [-0.2, 0) is 4.74 Å². The third-order valence-corrected chi connectivity index (χ3v) is 6.79. The number of ether oxygens (including phenoxy) is 1. The quantitative estimate of drug-likeness (QED) is 0.386. The minimum absolute atomic E-state index is 0.0197. The van der Waals surface area contributed by atoms with Crippen molar-refractivity contribution in [2.45, 2.75) is 70.3 Å². The maximum absolute atomic E-state index is 13.5. The fraction of sp³-hybridized carbons (Fsp3) is 0.609. The molecule has 2 saturated carbocycles. The van der Waals surface area contributed by atoms with Crippen LogP contribution in [0.3, 0.4) is 0 Å². The van der Waals surface area contributed by atoms with Crippen LogP contribution in [0.1, 0.15) is 74.6 Å². The van der Waals surface area contributed by atoms with Crippen molar-refractivity contribution in [3.05, 3.63) is 47.3 Å². The third-order valence-electron chi connectivity index (χ3n) is 6.48. The summed E-state index contributed by atoms with van der Waals surface area (Å²) in [5.41, 5.74) is 0.233. The van der Waals surface area contributed by atoms with E-state index in [9.17, 15) is 9.18 Å². The molecule has 0 heterocycles. The maximum Gasteiger partial charge on any atom is 0.338 e. The van der Waals surface area contributed by atoms with Gasteiger partial charge in [0.25, 0.3) is 0 Å². The van der Waals surface area contributed by atoms with Gasteiger partial charge >= 0.3 is 5.97 Å². The molecule has 0 bridgehead atoms. The molecule has 0 radical (unpaired) electrons. The number of halogens is 2. The summed E-state index contributed by atoms with van der Waals surface area (Å²) in [4.78, 5) is 12.2. The predicted molar refractivity (Wildman–Crippen MR) is 107 cm³/mol. The van der Waals surface area contributed by atoms with Crippen LogP contribution in [-0.4, -0.2) is 12.1 Å². The molecule has 3 rings (SSSR count). The van der Waals surface area contributed by atoms with Crippen molar-refractivity contribution in [3.63, 3.8) is 0 Å². The standard InChI is InChI=1S/C23H30ClFO2/c1-2-3-4-16-5-7-17(8-6-16)18-9-12-20(13-10-18)27-23(26)19-11-14-21(24)22(25)15-19/h2,11,14-18,20H,1,3-10,12-13H2. The van der Waals surface area contributed by atoms with E-state index in [2.05, 4.69) is 6.58 Å². The van der Waals surface area contributed by atoms with Crippen LogP contribution in [0.4, 0.5) is 4.39 Å². The molecule has 0 spiro atoms. The highest BCUT2D eigenvalue weighted by Crippen LogP contribution is 2.41. The first-order valence-corrected chi connectivity index (χ1v) is 10.7. The number of hydrogen-bond donors (Lipinski definition) is 0. The summed E-state index contributed by atoms with van der Waals surface area (Å²) in [7, 11) is 0. The Kier molecular flexibility index (Phi) is 7.34. The zero-order chi connectivity index (χ0) is 19.2. The highest BCUT2D eigenvalue weighted by Gasteiger charge is 2.32. The third kappa shape index (κ3) is 5.57. The van der Waals surface area contributed by atoms with Crippen molar-refractivity contribution in [1.29, 1.82) is 0 Å². The number of rotatable bonds is 6. The van der Waals surface area contributed by atoms with Crippen molar-refractivity contribution in [2.75, 3.05) is 0 Å². The number of benzene rings is 1. The molecule has 27 heavy (non-hydrogen) atoms. The van der Waals surface area contributed by atoms with Gasteiger partial charge in [0.05, 0.1) is 10.6 Å². The summed E-state index contributed by atoms with van der Waals surface area (Å²) in [6.45, 7) is 3.83. The monoisotopic (exact) mass is 392 g/mol. The van der Waals surface area contributed by atoms with E-state index in [0.717, 1.165) is 55.9 Å². The Morgan fingerprint density at radius 2 is 1.74 bits per heavy atom. The van der Waals surface area contributed by atoms with Crippen LogP contribution in [0, 0.1) is 23.6 Å². The number of allylic oxidation sites excluding steroid dienone is 1. The Balaban J connectivity index is 1.42. The van der Waals surface area contributed by atoms with Gasteiger partial charge in [-0.05, 0) is 87.3 Å². The van der Waals surface area contributed by atoms with Gasteiger partial charge in [-0.2, -0.15) is 0 Å². The topological polar surface area (TPSA) is 26.3 Å². The molecule has 4 heteroatoms. The Hall–Kier alpha value is -1.35. The van der Waals surface area contributed by atoms with Gasteiger partial charge in [0.1, 0.15) is 11.9 Å². The molecule has 0 amide bonds. The van der Waals surface area contributed by atoms with E-state index in [1.54, 1.807) is 0 Å². The van der Waals surface area contributed by atoms with Gasteiger partial charge < -0.3 is 4.74 Å². The average Bonchev–Trinajstić information content (AvgIpc) is 2.69. The minimum Gasteiger partial charge on any atom is -0.459 e. The van der Waals surface area contributed by atoms with Gasteiger partial charge in [-0.3, -0.25) is 0 Å². The summed E-state index contributed by atoms with van der Waals surface area (Å²) in [5, 5.41) is 0.0197. The van der Waals surface area contributed by atoms with Crippen molar-refractivity contribution in [1.82, 2.24) is 0 Å². The van der Waals surface area contributed by atoms with Crippen LogP contribution in [0.2, 0.25) is 5.02 Å². The lowest BCUT2D eigenvalue weighted by atomic mass is 9.70. The van der Waals surface area contributed by atoms with E-state index in [1.807, 2.05) is 6.08 Å². The lowest BCUT2D eigenvalue weighted by molar-refractivity contribution is 0.0109. The zero-order valence-electron chi connectivity index (χ0n) is 16.0. The Morgan fingerprint density at radius 3 is 2.33 bits per heavy atom. The Labute approximate surface area is 167 Å². The average molecular weight is 393 g/mol. The Morgan fingerprint density at radius 1 is 1.11 bits per heavy atom. The second-order valence-corrected chi connectivity index (χ2v) is 8.63. The number of hydrogen-bond acceptors (Lipinski definition) is 2. The first-order valence-electron chi connectivity index (χ1n) is 10.3. The van der Waals surface area contributed by atoms with Gasteiger partial charge in [0, 0.05) is 0 Å². The zero-order valence-corrected chi connectivity index (χ0v) is 16.7. The fourth-order valence-corrected chi connectivity index (χ4v) is 4.94. The van der Waals surface area contributed by atoms with Gasteiger partial charge in [-0.1, -0.05) is 30.5 Å². The van der Waals surface area contributed by atoms with Crippen molar-refractivity contribution in [2.24, 2.45) is 17.8 Å². The molecule has 1 aromatic rings. The molecule has 0 unspecified atom stereocenters. The smallest absolute Gasteiger partial charge is 0.338 e. The number of carbonyl (C=O) groups excluding carboxylic acids is 1. The van der Waals surface area contributed by atoms with Crippen molar-refractivity contribution < 1.29 is 13.9 Å². The highest BCUT2D eigenvalue weighted by molar-refractivity contribution is 6.30. The molecular formula is C23H30ClFO2. The van der Waals surface area contributed by atoms with Crippen LogP contribution >= 0.6 is 11.6 Å². The van der Waals surface area contributed by atoms with Crippen molar-refractivity contribution in [3.8, 4) is 0 Å². The lowest BCUT2D eigenvalue weighted by Gasteiger charge is -2.37. The van der Waals surface area contributed by atoms with Crippen LogP contribution in [0.15, 0.2) is 30.9 Å². The molecule has 148 valence electrons. The second kappa shape index (κ2) is 9.73. The first-order chi connectivity index (χ1) is 13.1. The van der Waals surface area contributed by atoms with E-state index in [4.69, 9.17) is 16.3 Å². The highest BCUT2D eigenvalue weighted by atomic mass is 35.5. The molecule has 0 atom stereocenters. The van der Waals surface area contributed by atoms with Crippen LogP contribution in [0.5, 0.6) is 0 Å². The molecule has 0 N–H and O–H groups in total. The molecule has 2 aliphatic carbocycles. The molecule has 2 nitrogen and oxygen atoms in total. The largest absolute Gasteiger partial charge is 0.459 e. The van der Waals surface area contributed by atoms with E-state index in [0.29, 0.717) is 0 Å². The lowest BCUT2D eigenvalue weighted by Crippen LogP contribution is -2.29. The summed E-state index contributed by atoms with van der Waals surface area (Å²) < 4.78 is 19.1. The van der Waals surface area contributed by atoms with Crippen LogP contribution in [0.25, 0.3) is 0 Å². The normalized spacial score (nSPS) is 28.5. The maximum atomic E-state index is 13.5. The van der Waals surface area contributed by atoms with Crippen LogP contribution < -0.4 is 0 Å². The molecule has 2 fully saturated rings. The molecule has 0 saturated heterocycles. The summed E-state index contributed by atoms with van der Waals surface area (Å²) >= 11 is 5.67. The molecule has 0 aliphatic heterocycles. The van der Waals surface area contributed by atoms with Gasteiger partial charge in [0.2, 0.25) is 0 Å². The summed E-state index contributed by atoms with van der Waals surface area (Å²) in [6.07, 6.45) is 13.9. The van der Waals surface area contributed by atoms with E-state index in [1.165, 1.54) is 44.2 Å². The summed E-state index contributed by atoms with van der Waals surface area (Å²) in [5.74, 6) is 1.46. The fourth-order valence-electron chi connectivity index (χ4n) is 4.82. The van der Waals surface area contributed by atoms with Gasteiger partial charge in [0.15, 0.2) is 0 Å². The predicted octanol–water partition coefficient (Wildman–Crippen LogP) is 6.97. The van der Waals surface area contributed by atoms with E-state index >= 15 is 0 Å². The number of carbonyl (C=O) groups is 1. The molecular weight excluding hydrogens is 363 g/mol. The molecule has 1 aromatic carbocycles.